The Bertz CT molecular complexity index is 500. The second-order valence-electron chi connectivity index (χ2n) is 5.27. The first-order valence-electron chi connectivity index (χ1n) is 6.78. The lowest BCUT2D eigenvalue weighted by atomic mass is 9.96. The Morgan fingerprint density at radius 3 is 2.85 bits per heavy atom. The van der Waals surface area contributed by atoms with Crippen molar-refractivity contribution in [3.63, 3.8) is 0 Å². The van der Waals surface area contributed by atoms with E-state index >= 15 is 0 Å². The molecule has 6 heteroatoms. The molecule has 0 spiro atoms. The van der Waals surface area contributed by atoms with E-state index in [2.05, 4.69) is 5.32 Å². The number of likely N-dealkylation sites (tertiary alicyclic amines) is 1. The van der Waals surface area contributed by atoms with Crippen molar-refractivity contribution < 1.29 is 14.7 Å². The molecule has 1 aliphatic rings. The lowest BCUT2D eigenvalue weighted by Gasteiger charge is -2.34. The molecule has 1 aliphatic heterocycles. The van der Waals surface area contributed by atoms with Gasteiger partial charge in [0.25, 0.3) is 5.91 Å². The molecule has 0 aromatic carbocycles. The minimum Gasteiger partial charge on any atom is -0.391 e. The lowest BCUT2D eigenvalue weighted by Crippen LogP contribution is -2.49. The summed E-state index contributed by atoms with van der Waals surface area (Å²) >= 11 is 1.41. The highest BCUT2D eigenvalue weighted by atomic mass is 32.1. The van der Waals surface area contributed by atoms with Crippen LogP contribution in [0.4, 0.5) is 0 Å². The number of rotatable bonds is 3. The Morgan fingerprint density at radius 2 is 2.25 bits per heavy atom. The molecule has 2 unspecified atom stereocenters. The van der Waals surface area contributed by atoms with Crippen LogP contribution in [0.2, 0.25) is 0 Å². The third-order valence-corrected chi connectivity index (χ3v) is 4.64. The molecule has 1 aromatic rings. The number of aliphatic hydroxyl groups excluding tert-OH is 1. The molecular formula is C14H20N2O3S. The van der Waals surface area contributed by atoms with Crippen molar-refractivity contribution in [2.75, 3.05) is 19.6 Å². The van der Waals surface area contributed by atoms with Crippen LogP contribution >= 0.6 is 11.3 Å². The summed E-state index contributed by atoms with van der Waals surface area (Å²) in [6, 6.07) is 3.63. The van der Waals surface area contributed by atoms with Crippen LogP contribution in [0.3, 0.4) is 0 Å². The lowest BCUT2D eigenvalue weighted by molar-refractivity contribution is -0.134. The van der Waals surface area contributed by atoms with Gasteiger partial charge in [-0.15, -0.1) is 11.3 Å². The van der Waals surface area contributed by atoms with Crippen LogP contribution in [0.15, 0.2) is 12.1 Å². The van der Waals surface area contributed by atoms with E-state index in [1.807, 2.05) is 19.9 Å². The quantitative estimate of drug-likeness (QED) is 0.875. The Balaban J connectivity index is 1.82. The van der Waals surface area contributed by atoms with Crippen LogP contribution in [0, 0.1) is 12.8 Å². The summed E-state index contributed by atoms with van der Waals surface area (Å²) in [4.78, 5) is 27.1. The van der Waals surface area contributed by atoms with Gasteiger partial charge in [-0.05, 0) is 31.4 Å². The van der Waals surface area contributed by atoms with Gasteiger partial charge >= 0.3 is 0 Å². The monoisotopic (exact) mass is 296 g/mol. The summed E-state index contributed by atoms with van der Waals surface area (Å²) < 4.78 is 0. The van der Waals surface area contributed by atoms with Crippen LogP contribution < -0.4 is 5.32 Å². The zero-order valence-electron chi connectivity index (χ0n) is 11.8. The highest BCUT2D eigenvalue weighted by molar-refractivity contribution is 7.13. The summed E-state index contributed by atoms with van der Waals surface area (Å²) in [6.07, 6.45) is 0.327. The number of nitrogens with zero attached hydrogens (tertiary/aromatic N) is 1. The highest BCUT2D eigenvalue weighted by Gasteiger charge is 2.27. The predicted octanol–water partition coefficient (Wildman–Crippen LogP) is 1.02. The van der Waals surface area contributed by atoms with E-state index in [0.29, 0.717) is 18.0 Å². The van der Waals surface area contributed by atoms with Crippen LogP contribution in [-0.2, 0) is 4.79 Å². The number of aryl methyl sites for hydroxylation is 1. The second kappa shape index (κ2) is 6.37. The van der Waals surface area contributed by atoms with Crippen LogP contribution in [-0.4, -0.2) is 47.6 Å². The van der Waals surface area contributed by atoms with Crippen molar-refractivity contribution in [3.8, 4) is 0 Å². The fourth-order valence-electron chi connectivity index (χ4n) is 2.19. The smallest absolute Gasteiger partial charge is 0.261 e. The predicted molar refractivity (Wildman–Crippen MR) is 77.8 cm³/mol. The number of hydrogen-bond donors (Lipinski definition) is 2. The first kappa shape index (κ1) is 15.0. The van der Waals surface area contributed by atoms with E-state index in [1.165, 1.54) is 11.3 Å². The maximum atomic E-state index is 12.0. The average Bonchev–Trinajstić information content (AvgIpc) is 2.85. The Hall–Kier alpha value is -1.40. The Labute approximate surface area is 122 Å². The second-order valence-corrected chi connectivity index (χ2v) is 6.55. The van der Waals surface area contributed by atoms with Crippen molar-refractivity contribution in [1.29, 1.82) is 0 Å². The summed E-state index contributed by atoms with van der Waals surface area (Å²) in [5.41, 5.74) is 0. The SMILES string of the molecule is Cc1ccc(C(=O)NCC(=O)N2CCC(C)C(O)C2)s1. The van der Waals surface area contributed by atoms with Crippen LogP contribution in [0.25, 0.3) is 0 Å². The molecule has 1 fully saturated rings. The molecule has 2 amide bonds. The average molecular weight is 296 g/mol. The zero-order valence-corrected chi connectivity index (χ0v) is 12.6. The van der Waals surface area contributed by atoms with Gasteiger partial charge in [0.2, 0.25) is 5.91 Å². The van der Waals surface area contributed by atoms with E-state index in [4.69, 9.17) is 0 Å². The molecular weight excluding hydrogens is 276 g/mol. The zero-order chi connectivity index (χ0) is 14.7. The Morgan fingerprint density at radius 1 is 1.50 bits per heavy atom. The molecule has 2 N–H and O–H groups in total. The summed E-state index contributed by atoms with van der Waals surface area (Å²) in [6.45, 7) is 4.90. The van der Waals surface area contributed by atoms with E-state index in [1.54, 1.807) is 11.0 Å². The fourth-order valence-corrected chi connectivity index (χ4v) is 2.97. The molecule has 2 rings (SSSR count). The van der Waals surface area contributed by atoms with Gasteiger partial charge < -0.3 is 15.3 Å². The van der Waals surface area contributed by atoms with Crippen molar-refractivity contribution in [1.82, 2.24) is 10.2 Å². The number of nitrogens with one attached hydrogen (secondary N) is 1. The largest absolute Gasteiger partial charge is 0.391 e. The number of hydrogen-bond acceptors (Lipinski definition) is 4. The topological polar surface area (TPSA) is 69.6 Å². The molecule has 20 heavy (non-hydrogen) atoms. The number of carbonyl (C=O) groups is 2. The molecule has 5 nitrogen and oxygen atoms in total. The van der Waals surface area contributed by atoms with Gasteiger partial charge in [-0.2, -0.15) is 0 Å². The fraction of sp³-hybridized carbons (Fsp3) is 0.571. The van der Waals surface area contributed by atoms with Gasteiger partial charge in [0.1, 0.15) is 0 Å². The van der Waals surface area contributed by atoms with E-state index in [9.17, 15) is 14.7 Å². The normalized spacial score (nSPS) is 22.6. The maximum Gasteiger partial charge on any atom is 0.261 e. The van der Waals surface area contributed by atoms with Gasteiger partial charge in [-0.3, -0.25) is 9.59 Å². The summed E-state index contributed by atoms with van der Waals surface area (Å²) in [7, 11) is 0. The maximum absolute atomic E-state index is 12.0. The molecule has 110 valence electrons. The summed E-state index contributed by atoms with van der Waals surface area (Å²) in [5, 5.41) is 12.4. The number of aliphatic hydroxyl groups is 1. The number of β-amino-alcohol motifs (C(OH)–C–C–N with tert-alkyl or cyclic N) is 1. The number of thiophene rings is 1. The molecule has 1 aromatic heterocycles. The first-order chi connectivity index (χ1) is 9.47. The van der Waals surface area contributed by atoms with Crippen molar-refractivity contribution in [2.24, 2.45) is 5.92 Å². The van der Waals surface area contributed by atoms with Gasteiger partial charge in [0, 0.05) is 18.0 Å². The number of piperidine rings is 1. The third kappa shape index (κ3) is 3.58. The third-order valence-electron chi connectivity index (χ3n) is 3.64. The van der Waals surface area contributed by atoms with E-state index in [0.717, 1.165) is 11.3 Å². The number of carbonyl (C=O) groups excluding carboxylic acids is 2. The summed E-state index contributed by atoms with van der Waals surface area (Å²) in [5.74, 6) is -0.136. The van der Waals surface area contributed by atoms with Gasteiger partial charge in [0.15, 0.2) is 0 Å². The van der Waals surface area contributed by atoms with Crippen molar-refractivity contribution in [3.05, 3.63) is 21.9 Å². The first-order valence-corrected chi connectivity index (χ1v) is 7.59. The number of amides is 2. The molecule has 0 saturated carbocycles. The molecule has 1 saturated heterocycles. The highest BCUT2D eigenvalue weighted by Crippen LogP contribution is 2.17. The minimum atomic E-state index is -0.469. The standard InChI is InChI=1S/C14H20N2O3S/c1-9-5-6-16(8-11(9)17)13(18)7-15-14(19)12-4-3-10(2)20-12/h3-4,9,11,17H,5-8H2,1-2H3,(H,15,19). The van der Waals surface area contributed by atoms with Crippen molar-refractivity contribution in [2.45, 2.75) is 26.4 Å². The van der Waals surface area contributed by atoms with E-state index in [-0.39, 0.29) is 24.3 Å². The van der Waals surface area contributed by atoms with Gasteiger partial charge in [-0.25, -0.2) is 0 Å². The molecule has 0 bridgehead atoms. The van der Waals surface area contributed by atoms with Crippen LogP contribution in [0.1, 0.15) is 27.9 Å². The molecule has 0 aliphatic carbocycles. The minimum absolute atomic E-state index is 0.0170. The molecule has 2 atom stereocenters. The Kier molecular flexibility index (Phi) is 4.77. The van der Waals surface area contributed by atoms with Gasteiger partial charge in [0.05, 0.1) is 17.5 Å². The molecule has 0 radical (unpaired) electrons. The van der Waals surface area contributed by atoms with Crippen molar-refractivity contribution >= 4 is 23.2 Å². The van der Waals surface area contributed by atoms with Crippen LogP contribution in [0.5, 0.6) is 0 Å². The van der Waals surface area contributed by atoms with E-state index < -0.39 is 6.10 Å². The van der Waals surface area contributed by atoms with Gasteiger partial charge in [-0.1, -0.05) is 6.92 Å². The molecule has 2 heterocycles.